The van der Waals surface area contributed by atoms with Crippen molar-refractivity contribution < 1.29 is 9.47 Å². The van der Waals surface area contributed by atoms with Gasteiger partial charge in [0.25, 0.3) is 0 Å². The van der Waals surface area contributed by atoms with E-state index in [1.54, 1.807) is 0 Å². The fourth-order valence-corrected chi connectivity index (χ4v) is 3.68. The highest BCUT2D eigenvalue weighted by molar-refractivity contribution is 5.21. The lowest BCUT2D eigenvalue weighted by Crippen LogP contribution is -2.22. The van der Waals surface area contributed by atoms with Crippen molar-refractivity contribution in [1.29, 1.82) is 0 Å². The van der Waals surface area contributed by atoms with E-state index in [0.29, 0.717) is 17.9 Å². The molecule has 0 N–H and O–H groups in total. The lowest BCUT2D eigenvalue weighted by Gasteiger charge is -2.16. The zero-order valence-electron chi connectivity index (χ0n) is 12.0. The molecule has 2 heterocycles. The normalized spacial score (nSPS) is 31.2. The van der Waals surface area contributed by atoms with Crippen LogP contribution in [0.5, 0.6) is 0 Å². The molecule has 4 unspecified atom stereocenters. The van der Waals surface area contributed by atoms with Gasteiger partial charge in [-0.15, -0.1) is 0 Å². The third-order valence-electron chi connectivity index (χ3n) is 4.80. The van der Waals surface area contributed by atoms with E-state index >= 15 is 0 Å². The highest BCUT2D eigenvalue weighted by Crippen LogP contribution is 2.45. The van der Waals surface area contributed by atoms with Gasteiger partial charge in [0.2, 0.25) is 0 Å². The molecule has 0 amide bonds. The van der Waals surface area contributed by atoms with Gasteiger partial charge < -0.3 is 9.47 Å². The molecule has 0 aromatic heterocycles. The van der Waals surface area contributed by atoms with Gasteiger partial charge >= 0.3 is 0 Å². The van der Waals surface area contributed by atoms with E-state index < -0.39 is 0 Å². The first-order valence-electron chi connectivity index (χ1n) is 7.74. The van der Waals surface area contributed by atoms with Crippen molar-refractivity contribution in [3.8, 4) is 0 Å². The molecule has 108 valence electrons. The summed E-state index contributed by atoms with van der Waals surface area (Å²) in [5, 5.41) is 0. The number of ether oxygens (including phenoxy) is 2. The average Bonchev–Trinajstić information content (AvgIpc) is 3.12. The summed E-state index contributed by atoms with van der Waals surface area (Å²) in [6.07, 6.45) is 1.50. The van der Waals surface area contributed by atoms with Crippen LogP contribution in [-0.2, 0) is 15.9 Å². The van der Waals surface area contributed by atoms with Crippen molar-refractivity contribution in [1.82, 2.24) is 0 Å². The molecule has 2 aliphatic rings. The van der Waals surface area contributed by atoms with E-state index in [2.05, 4.69) is 60.7 Å². The average molecular weight is 280 g/mol. The van der Waals surface area contributed by atoms with Crippen molar-refractivity contribution in [3.05, 3.63) is 71.8 Å². The Morgan fingerprint density at radius 2 is 1.43 bits per heavy atom. The largest absolute Gasteiger partial charge is 0.377 e. The molecule has 0 bridgehead atoms. The Kier molecular flexibility index (Phi) is 3.50. The lowest BCUT2D eigenvalue weighted by atomic mass is 9.85. The molecule has 0 spiro atoms. The number of hydrogen-bond acceptors (Lipinski definition) is 2. The smallest absolute Gasteiger partial charge is 0.0879 e. The molecule has 2 nitrogen and oxygen atoms in total. The maximum Gasteiger partial charge on any atom is 0.0879 e. The molecule has 2 aromatic rings. The molecule has 2 heteroatoms. The molecular weight excluding hydrogens is 260 g/mol. The van der Waals surface area contributed by atoms with E-state index in [4.69, 9.17) is 9.47 Å². The fraction of sp³-hybridized carbons (Fsp3) is 0.368. The van der Waals surface area contributed by atoms with E-state index in [9.17, 15) is 0 Å². The molecule has 2 fully saturated rings. The summed E-state index contributed by atoms with van der Waals surface area (Å²) in [5.41, 5.74) is 2.64. The minimum absolute atomic E-state index is 0.206. The fourth-order valence-electron chi connectivity index (χ4n) is 3.68. The topological polar surface area (TPSA) is 18.5 Å². The van der Waals surface area contributed by atoms with E-state index in [1.165, 1.54) is 11.1 Å². The van der Waals surface area contributed by atoms with E-state index in [1.807, 2.05) is 0 Å². The zero-order valence-corrected chi connectivity index (χ0v) is 12.0. The molecule has 2 aliphatic heterocycles. The number of fused-ring (bicyclic) bond motifs is 1. The SMILES string of the molecule is c1ccc(CC2OCC3C(c4ccccc4)OCC23)cc1. The quantitative estimate of drug-likeness (QED) is 0.854. The minimum atomic E-state index is 0.206. The zero-order chi connectivity index (χ0) is 14.1. The maximum atomic E-state index is 6.10. The molecule has 2 aromatic carbocycles. The van der Waals surface area contributed by atoms with Crippen molar-refractivity contribution >= 4 is 0 Å². The minimum Gasteiger partial charge on any atom is -0.377 e. The van der Waals surface area contributed by atoms with Gasteiger partial charge in [-0.05, 0) is 17.5 Å². The summed E-state index contributed by atoms with van der Waals surface area (Å²) in [7, 11) is 0. The number of benzene rings is 2. The molecule has 4 atom stereocenters. The Hall–Kier alpha value is -1.64. The third kappa shape index (κ3) is 2.50. The third-order valence-corrected chi connectivity index (χ3v) is 4.80. The molecule has 2 saturated heterocycles. The standard InChI is InChI=1S/C19H20O2/c1-3-7-14(8-4-1)11-18-16-12-21-19(17(16)13-20-18)15-9-5-2-6-10-15/h1-10,16-19H,11-13H2. The van der Waals surface area contributed by atoms with Gasteiger partial charge in [0.05, 0.1) is 25.4 Å². The van der Waals surface area contributed by atoms with Crippen molar-refractivity contribution in [2.24, 2.45) is 11.8 Å². The van der Waals surface area contributed by atoms with Gasteiger partial charge in [-0.1, -0.05) is 60.7 Å². The second kappa shape index (κ2) is 5.63. The predicted octanol–water partition coefficient (Wildman–Crippen LogP) is 3.63. The first-order chi connectivity index (χ1) is 10.4. The van der Waals surface area contributed by atoms with Crippen LogP contribution in [0, 0.1) is 11.8 Å². The highest BCUT2D eigenvalue weighted by Gasteiger charge is 2.47. The van der Waals surface area contributed by atoms with Crippen LogP contribution in [0.25, 0.3) is 0 Å². The van der Waals surface area contributed by atoms with Gasteiger partial charge in [-0.25, -0.2) is 0 Å². The first kappa shape index (κ1) is 13.1. The molecular formula is C19H20O2. The van der Waals surface area contributed by atoms with Crippen LogP contribution in [-0.4, -0.2) is 19.3 Å². The summed E-state index contributed by atoms with van der Waals surface area (Å²) >= 11 is 0. The Balaban J connectivity index is 1.49. The number of rotatable bonds is 3. The molecule has 0 radical (unpaired) electrons. The van der Waals surface area contributed by atoms with Gasteiger partial charge in [-0.3, -0.25) is 0 Å². The summed E-state index contributed by atoms with van der Waals surface area (Å²) in [5.74, 6) is 1.02. The summed E-state index contributed by atoms with van der Waals surface area (Å²) in [4.78, 5) is 0. The Bertz CT molecular complexity index is 581. The van der Waals surface area contributed by atoms with Crippen LogP contribution >= 0.6 is 0 Å². The van der Waals surface area contributed by atoms with Crippen molar-refractivity contribution in [2.45, 2.75) is 18.6 Å². The summed E-state index contributed by atoms with van der Waals surface area (Å²) in [6.45, 7) is 1.64. The molecule has 4 rings (SSSR count). The van der Waals surface area contributed by atoms with Crippen molar-refractivity contribution in [2.75, 3.05) is 13.2 Å². The second-order valence-electron chi connectivity index (χ2n) is 6.05. The summed E-state index contributed by atoms with van der Waals surface area (Å²) < 4.78 is 12.2. The predicted molar refractivity (Wildman–Crippen MR) is 82.0 cm³/mol. The monoisotopic (exact) mass is 280 g/mol. The van der Waals surface area contributed by atoms with Crippen LogP contribution in [0.2, 0.25) is 0 Å². The van der Waals surface area contributed by atoms with Crippen LogP contribution in [0.15, 0.2) is 60.7 Å². The lowest BCUT2D eigenvalue weighted by molar-refractivity contribution is 0.0202. The van der Waals surface area contributed by atoms with Crippen LogP contribution in [0.1, 0.15) is 17.2 Å². The van der Waals surface area contributed by atoms with E-state index in [0.717, 1.165) is 19.6 Å². The van der Waals surface area contributed by atoms with Crippen molar-refractivity contribution in [3.63, 3.8) is 0 Å². The first-order valence-corrected chi connectivity index (χ1v) is 7.74. The number of hydrogen-bond donors (Lipinski definition) is 0. The Labute approximate surface area is 125 Å². The van der Waals surface area contributed by atoms with Crippen LogP contribution < -0.4 is 0 Å². The van der Waals surface area contributed by atoms with Crippen LogP contribution in [0.3, 0.4) is 0 Å². The van der Waals surface area contributed by atoms with Gasteiger partial charge in [0, 0.05) is 11.8 Å². The van der Waals surface area contributed by atoms with Crippen LogP contribution in [0.4, 0.5) is 0 Å². The Morgan fingerprint density at radius 3 is 2.19 bits per heavy atom. The molecule has 0 saturated carbocycles. The maximum absolute atomic E-state index is 6.10. The van der Waals surface area contributed by atoms with Gasteiger partial charge in [-0.2, -0.15) is 0 Å². The van der Waals surface area contributed by atoms with Gasteiger partial charge in [0.15, 0.2) is 0 Å². The Morgan fingerprint density at radius 1 is 0.762 bits per heavy atom. The molecule has 0 aliphatic carbocycles. The highest BCUT2D eigenvalue weighted by atomic mass is 16.5. The van der Waals surface area contributed by atoms with E-state index in [-0.39, 0.29) is 6.10 Å². The second-order valence-corrected chi connectivity index (χ2v) is 6.05. The summed E-state index contributed by atoms with van der Waals surface area (Å²) in [6, 6.07) is 21.2. The molecule has 21 heavy (non-hydrogen) atoms. The van der Waals surface area contributed by atoms with Gasteiger partial charge in [0.1, 0.15) is 0 Å².